The summed E-state index contributed by atoms with van der Waals surface area (Å²) in [5.74, 6) is 0. The average molecular weight is 473 g/mol. The molecular formula is C15H21F6NO5S2. The van der Waals surface area contributed by atoms with Crippen molar-refractivity contribution in [3.63, 3.8) is 0 Å². The van der Waals surface area contributed by atoms with Crippen LogP contribution in [0.25, 0.3) is 0 Å². The Morgan fingerprint density at radius 2 is 0.966 bits per heavy atom. The highest BCUT2D eigenvalue weighted by Crippen LogP contribution is 2.32. The molecule has 0 amide bonds. The van der Waals surface area contributed by atoms with Crippen LogP contribution in [0.15, 0.2) is 18.2 Å². The van der Waals surface area contributed by atoms with Crippen LogP contribution in [0.3, 0.4) is 0 Å². The Labute approximate surface area is 165 Å². The maximum atomic E-state index is 11.4. The van der Waals surface area contributed by atoms with E-state index >= 15 is 0 Å². The molecule has 0 aromatic carbocycles. The van der Waals surface area contributed by atoms with E-state index in [0.29, 0.717) is 0 Å². The van der Waals surface area contributed by atoms with Gasteiger partial charge in [-0.1, -0.05) is 47.6 Å². The lowest BCUT2D eigenvalue weighted by molar-refractivity contribution is -0.0585. The number of pyridine rings is 1. The zero-order chi connectivity index (χ0) is 23.7. The summed E-state index contributed by atoms with van der Waals surface area (Å²) in [5, 5.41) is 0. The summed E-state index contributed by atoms with van der Waals surface area (Å²) in [6, 6.07) is 6.32. The van der Waals surface area contributed by atoms with Gasteiger partial charge in [0.15, 0.2) is 0 Å². The minimum absolute atomic E-state index is 0.140. The van der Waals surface area contributed by atoms with Gasteiger partial charge < -0.3 is 0 Å². The zero-order valence-corrected chi connectivity index (χ0v) is 17.9. The highest BCUT2D eigenvalue weighted by atomic mass is 32.3. The minimum Gasteiger partial charge on any atom is -0.257 e. The van der Waals surface area contributed by atoms with Crippen molar-refractivity contribution < 1.29 is 46.8 Å². The maximum Gasteiger partial charge on any atom is 0.524 e. The van der Waals surface area contributed by atoms with E-state index < -0.39 is 31.3 Å². The summed E-state index contributed by atoms with van der Waals surface area (Å²) in [4.78, 5) is 4.72. The molecule has 0 saturated carbocycles. The second-order valence-corrected chi connectivity index (χ2v) is 11.1. The smallest absolute Gasteiger partial charge is 0.257 e. The van der Waals surface area contributed by atoms with E-state index in [-0.39, 0.29) is 10.8 Å². The third kappa shape index (κ3) is 8.09. The molecule has 6 nitrogen and oxygen atoms in total. The molecular weight excluding hydrogens is 452 g/mol. The van der Waals surface area contributed by atoms with E-state index in [9.17, 15) is 43.2 Å². The molecule has 0 aliphatic carbocycles. The summed E-state index contributed by atoms with van der Waals surface area (Å²) in [7, 11) is -13.7. The van der Waals surface area contributed by atoms with E-state index in [4.69, 9.17) is 4.98 Å². The summed E-state index contributed by atoms with van der Waals surface area (Å²) in [6.07, 6.45) is 0. The summed E-state index contributed by atoms with van der Waals surface area (Å²) in [5.41, 5.74) is -9.89. The average Bonchev–Trinajstić information content (AvgIpc) is 2.42. The number of halogens is 6. The molecule has 1 rings (SSSR count). The first-order chi connectivity index (χ1) is 12.4. The van der Waals surface area contributed by atoms with Crippen molar-refractivity contribution in [2.75, 3.05) is 0 Å². The van der Waals surface area contributed by atoms with Crippen LogP contribution >= 0.6 is 0 Å². The van der Waals surface area contributed by atoms with Crippen LogP contribution in [0.5, 0.6) is 0 Å². The van der Waals surface area contributed by atoms with Crippen LogP contribution in [0, 0.1) is 0 Å². The van der Waals surface area contributed by atoms with Crippen molar-refractivity contribution in [2.45, 2.75) is 63.4 Å². The molecule has 0 aliphatic rings. The molecule has 0 N–H and O–H groups in total. The first-order valence-electron chi connectivity index (χ1n) is 7.73. The van der Waals surface area contributed by atoms with Crippen LogP contribution in [-0.2, 0) is 34.7 Å². The molecule has 0 unspecified atom stereocenters. The fourth-order valence-corrected chi connectivity index (χ4v) is 3.03. The number of hydrogen-bond donors (Lipinski definition) is 0. The third-order valence-corrected chi connectivity index (χ3v) is 5.60. The second-order valence-electron chi connectivity index (χ2n) is 7.78. The molecule has 0 saturated heterocycles. The Morgan fingerprint density at radius 1 is 0.690 bits per heavy atom. The standard InChI is InChI=1S/C13H21N.C2F6O5S2/c1-12(2,3)10-8-7-9-11(14-10)13(4,5)6;3-1(4,5)14(9,10)13-15(11,12)2(6,7)8/h7-9H,1-6H3;. The van der Waals surface area contributed by atoms with E-state index in [2.05, 4.69) is 59.7 Å². The van der Waals surface area contributed by atoms with Crippen molar-refractivity contribution in [3.05, 3.63) is 29.6 Å². The Kier molecular flexibility index (Phi) is 7.97. The molecule has 0 aliphatic heterocycles. The fraction of sp³-hybridized carbons (Fsp3) is 0.667. The molecule has 0 bridgehead atoms. The molecule has 1 aromatic rings. The van der Waals surface area contributed by atoms with Gasteiger partial charge >= 0.3 is 31.3 Å². The largest absolute Gasteiger partial charge is 0.524 e. The monoisotopic (exact) mass is 473 g/mol. The number of alkyl halides is 6. The summed E-state index contributed by atoms with van der Waals surface area (Å²) >= 11 is 0. The number of aromatic nitrogens is 1. The lowest BCUT2D eigenvalue weighted by Gasteiger charge is -2.23. The molecule has 0 spiro atoms. The lowest BCUT2D eigenvalue weighted by Crippen LogP contribution is -2.34. The van der Waals surface area contributed by atoms with Crippen molar-refractivity contribution >= 4 is 20.2 Å². The number of rotatable bonds is 2. The van der Waals surface area contributed by atoms with Crippen LogP contribution in [-0.4, -0.2) is 32.8 Å². The zero-order valence-electron chi connectivity index (χ0n) is 16.3. The van der Waals surface area contributed by atoms with Gasteiger partial charge in [0.25, 0.3) is 0 Å². The Hall–Kier alpha value is -1.41. The van der Waals surface area contributed by atoms with Gasteiger partial charge in [-0.25, -0.2) is 0 Å². The van der Waals surface area contributed by atoms with Gasteiger partial charge in [0.2, 0.25) is 0 Å². The topological polar surface area (TPSA) is 90.4 Å². The lowest BCUT2D eigenvalue weighted by atomic mass is 9.88. The van der Waals surface area contributed by atoms with Gasteiger partial charge in [-0.15, -0.1) is 3.63 Å². The molecule has 170 valence electrons. The highest BCUT2D eigenvalue weighted by Gasteiger charge is 2.57. The highest BCUT2D eigenvalue weighted by molar-refractivity contribution is 8.00. The first kappa shape index (κ1) is 27.6. The Morgan fingerprint density at radius 3 is 1.17 bits per heavy atom. The van der Waals surface area contributed by atoms with Crippen LogP contribution < -0.4 is 0 Å². The van der Waals surface area contributed by atoms with Gasteiger partial charge in [-0.2, -0.15) is 43.2 Å². The number of hydrogen-bond acceptors (Lipinski definition) is 6. The quantitative estimate of drug-likeness (QED) is 0.468. The van der Waals surface area contributed by atoms with Gasteiger partial charge in [-0.3, -0.25) is 4.98 Å². The summed E-state index contributed by atoms with van der Waals surface area (Å²) < 4.78 is 110. The summed E-state index contributed by atoms with van der Waals surface area (Å²) in [6.45, 7) is 13.2. The Balaban J connectivity index is 0.000000541. The second kappa shape index (κ2) is 8.38. The van der Waals surface area contributed by atoms with Crippen molar-refractivity contribution in [3.8, 4) is 0 Å². The van der Waals surface area contributed by atoms with Gasteiger partial charge in [0.1, 0.15) is 0 Å². The van der Waals surface area contributed by atoms with E-state index in [1.807, 2.05) is 3.63 Å². The predicted octanol–water partition coefficient (Wildman–Crippen LogP) is 4.38. The van der Waals surface area contributed by atoms with E-state index in [1.54, 1.807) is 0 Å². The molecule has 0 atom stereocenters. The van der Waals surface area contributed by atoms with Gasteiger partial charge in [-0.05, 0) is 12.1 Å². The molecule has 0 fully saturated rings. The van der Waals surface area contributed by atoms with Crippen LogP contribution in [0.1, 0.15) is 52.9 Å². The van der Waals surface area contributed by atoms with E-state index in [0.717, 1.165) is 0 Å². The van der Waals surface area contributed by atoms with E-state index in [1.165, 1.54) is 11.4 Å². The van der Waals surface area contributed by atoms with Crippen molar-refractivity contribution in [2.24, 2.45) is 0 Å². The Bertz CT molecular complexity index is 837. The molecule has 1 aromatic heterocycles. The molecule has 1 heterocycles. The third-order valence-electron chi connectivity index (χ3n) is 3.03. The van der Waals surface area contributed by atoms with Gasteiger partial charge in [0, 0.05) is 22.2 Å². The maximum absolute atomic E-state index is 11.4. The predicted molar refractivity (Wildman–Crippen MR) is 92.7 cm³/mol. The first-order valence-corrected chi connectivity index (χ1v) is 10.5. The normalized spacial score (nSPS) is 14.2. The number of nitrogens with zero attached hydrogens (tertiary/aromatic N) is 1. The van der Waals surface area contributed by atoms with Crippen molar-refractivity contribution in [1.82, 2.24) is 4.98 Å². The fourth-order valence-electron chi connectivity index (χ4n) is 1.47. The minimum atomic E-state index is -6.85. The van der Waals surface area contributed by atoms with Crippen LogP contribution in [0.2, 0.25) is 0 Å². The SMILES string of the molecule is CC(C)(C)c1cccc(C(C)(C)C)n1.O=S(=O)(OS(=O)(=O)C(F)(F)F)C(F)(F)F. The molecule has 29 heavy (non-hydrogen) atoms. The van der Waals surface area contributed by atoms with Crippen molar-refractivity contribution in [1.29, 1.82) is 0 Å². The molecule has 0 radical (unpaired) electrons. The molecule has 14 heteroatoms. The van der Waals surface area contributed by atoms with Gasteiger partial charge in [0.05, 0.1) is 0 Å². The van der Waals surface area contributed by atoms with Crippen LogP contribution in [0.4, 0.5) is 26.3 Å².